The summed E-state index contributed by atoms with van der Waals surface area (Å²) in [6.07, 6.45) is 6.21. The molecule has 0 aliphatic heterocycles. The highest BCUT2D eigenvalue weighted by Crippen LogP contribution is 2.19. The molecule has 128 valence electrons. The van der Waals surface area contributed by atoms with Crippen LogP contribution in [0.25, 0.3) is 0 Å². The molecule has 1 amide bonds. The number of nitrogens with one attached hydrogen (secondary N) is 2. The standard InChI is InChI=1S/C16H18N2O5S/c1-11(19)17-13-7-9-14(10-8-13)24(22,23)18-15(16(20)21)12-5-3-2-4-6-12/h2-3,6-10,15,18H,4-5H2,1H3,(H,17,19)(H,20,21)/p-1/t15-/m0/s1. The topological polar surface area (TPSA) is 115 Å². The molecule has 1 aromatic rings. The molecular weight excluding hydrogens is 332 g/mol. The van der Waals surface area contributed by atoms with Crippen LogP contribution in [-0.4, -0.2) is 26.3 Å². The molecule has 1 aliphatic rings. The van der Waals surface area contributed by atoms with Crippen molar-refractivity contribution in [3.05, 3.63) is 48.1 Å². The second-order valence-electron chi connectivity index (χ2n) is 5.27. The predicted molar refractivity (Wildman–Crippen MR) is 86.3 cm³/mol. The lowest BCUT2D eigenvalue weighted by molar-refractivity contribution is -0.306. The van der Waals surface area contributed by atoms with Gasteiger partial charge in [-0.3, -0.25) is 4.79 Å². The van der Waals surface area contributed by atoms with Crippen LogP contribution in [0.4, 0.5) is 5.69 Å². The van der Waals surface area contributed by atoms with E-state index in [4.69, 9.17) is 0 Å². The highest BCUT2D eigenvalue weighted by Gasteiger charge is 2.24. The Labute approximate surface area is 140 Å². The molecule has 2 rings (SSSR count). The van der Waals surface area contributed by atoms with Gasteiger partial charge in [0, 0.05) is 12.6 Å². The van der Waals surface area contributed by atoms with E-state index in [-0.39, 0.29) is 10.8 Å². The number of sulfonamides is 1. The number of amides is 1. The second kappa shape index (κ2) is 7.41. The molecule has 0 unspecified atom stereocenters. The van der Waals surface area contributed by atoms with E-state index >= 15 is 0 Å². The number of carbonyl (C=O) groups excluding carboxylic acids is 2. The van der Waals surface area contributed by atoms with Crippen LogP contribution in [-0.2, 0) is 19.6 Å². The summed E-state index contributed by atoms with van der Waals surface area (Å²) in [5.41, 5.74) is 0.883. The van der Waals surface area contributed by atoms with Crippen molar-refractivity contribution in [1.82, 2.24) is 4.72 Å². The Morgan fingerprint density at radius 3 is 2.33 bits per heavy atom. The van der Waals surface area contributed by atoms with Crippen molar-refractivity contribution in [3.63, 3.8) is 0 Å². The van der Waals surface area contributed by atoms with Gasteiger partial charge in [-0.2, -0.15) is 4.72 Å². The van der Waals surface area contributed by atoms with Gasteiger partial charge in [-0.25, -0.2) is 8.42 Å². The van der Waals surface area contributed by atoms with E-state index in [1.165, 1.54) is 31.2 Å². The fraction of sp³-hybridized carbons (Fsp3) is 0.250. The lowest BCUT2D eigenvalue weighted by atomic mass is 9.99. The zero-order chi connectivity index (χ0) is 17.7. The maximum atomic E-state index is 12.4. The minimum atomic E-state index is -4.05. The third-order valence-corrected chi connectivity index (χ3v) is 4.84. The molecule has 8 heteroatoms. The first-order valence-corrected chi connectivity index (χ1v) is 8.72. The van der Waals surface area contributed by atoms with Crippen LogP contribution in [0.15, 0.2) is 53.0 Å². The second-order valence-corrected chi connectivity index (χ2v) is 6.98. The molecule has 0 radical (unpaired) electrons. The molecule has 0 heterocycles. The van der Waals surface area contributed by atoms with Gasteiger partial charge in [0.05, 0.1) is 16.9 Å². The Balaban J connectivity index is 2.20. The van der Waals surface area contributed by atoms with Gasteiger partial charge in [-0.05, 0) is 42.7 Å². The average Bonchev–Trinajstić information content (AvgIpc) is 2.53. The number of anilines is 1. The maximum Gasteiger partial charge on any atom is 0.241 e. The van der Waals surface area contributed by atoms with Gasteiger partial charge in [-0.1, -0.05) is 18.2 Å². The van der Waals surface area contributed by atoms with Crippen LogP contribution in [0, 0.1) is 0 Å². The van der Waals surface area contributed by atoms with Crippen LogP contribution in [0.2, 0.25) is 0 Å². The Bertz CT molecular complexity index is 794. The molecule has 0 saturated carbocycles. The smallest absolute Gasteiger partial charge is 0.241 e. The number of benzene rings is 1. The Morgan fingerprint density at radius 1 is 1.17 bits per heavy atom. The molecule has 1 aliphatic carbocycles. The third-order valence-electron chi connectivity index (χ3n) is 3.40. The number of hydrogen-bond acceptors (Lipinski definition) is 5. The number of rotatable bonds is 6. The van der Waals surface area contributed by atoms with Crippen LogP contribution >= 0.6 is 0 Å². The Morgan fingerprint density at radius 2 is 1.83 bits per heavy atom. The molecule has 24 heavy (non-hydrogen) atoms. The molecule has 0 bridgehead atoms. The first kappa shape index (κ1) is 17.9. The van der Waals surface area contributed by atoms with Crippen LogP contribution < -0.4 is 15.1 Å². The molecule has 7 nitrogen and oxygen atoms in total. The highest BCUT2D eigenvalue weighted by molar-refractivity contribution is 7.89. The van der Waals surface area contributed by atoms with E-state index in [1.54, 1.807) is 12.2 Å². The van der Waals surface area contributed by atoms with Gasteiger partial charge in [0.1, 0.15) is 0 Å². The predicted octanol–water partition coefficient (Wildman–Crippen LogP) is 0.318. The summed E-state index contributed by atoms with van der Waals surface area (Å²) in [7, 11) is -4.05. The first-order valence-electron chi connectivity index (χ1n) is 7.24. The van der Waals surface area contributed by atoms with Crippen molar-refractivity contribution < 1.29 is 23.1 Å². The fourth-order valence-electron chi connectivity index (χ4n) is 2.27. The maximum absolute atomic E-state index is 12.4. The van der Waals surface area contributed by atoms with Crippen molar-refractivity contribution in [2.45, 2.75) is 30.7 Å². The fourth-order valence-corrected chi connectivity index (χ4v) is 3.46. The summed E-state index contributed by atoms with van der Waals surface area (Å²) in [6.45, 7) is 1.34. The quantitative estimate of drug-likeness (QED) is 0.718. The van der Waals surface area contributed by atoms with Crippen LogP contribution in [0.1, 0.15) is 19.8 Å². The normalized spacial score (nSPS) is 15.5. The molecule has 0 fully saturated rings. The van der Waals surface area contributed by atoms with Crippen molar-refractivity contribution in [1.29, 1.82) is 0 Å². The molecule has 1 atom stereocenters. The van der Waals surface area contributed by atoms with Gasteiger partial charge in [-0.15, -0.1) is 0 Å². The summed E-state index contributed by atoms with van der Waals surface area (Å²) >= 11 is 0. The average molecular weight is 349 g/mol. The summed E-state index contributed by atoms with van der Waals surface area (Å²) in [4.78, 5) is 22.2. The van der Waals surface area contributed by atoms with E-state index in [1.807, 2.05) is 6.08 Å². The van der Waals surface area contributed by atoms with E-state index in [9.17, 15) is 23.1 Å². The van der Waals surface area contributed by atoms with Gasteiger partial charge in [0.25, 0.3) is 0 Å². The van der Waals surface area contributed by atoms with Crippen molar-refractivity contribution in [3.8, 4) is 0 Å². The number of hydrogen-bond donors (Lipinski definition) is 2. The lowest BCUT2D eigenvalue weighted by Gasteiger charge is -2.23. The summed E-state index contributed by atoms with van der Waals surface area (Å²) in [5.74, 6) is -1.78. The Hall–Kier alpha value is -2.45. The summed E-state index contributed by atoms with van der Waals surface area (Å²) in [6, 6.07) is 4.00. The minimum Gasteiger partial charge on any atom is -0.548 e. The monoisotopic (exact) mass is 349 g/mol. The number of allylic oxidation sites excluding steroid dienone is 3. The molecule has 2 N–H and O–H groups in total. The first-order chi connectivity index (χ1) is 11.3. The van der Waals surface area contributed by atoms with Crippen LogP contribution in [0.5, 0.6) is 0 Å². The van der Waals surface area contributed by atoms with Crippen molar-refractivity contribution in [2.75, 3.05) is 5.32 Å². The largest absolute Gasteiger partial charge is 0.548 e. The number of aliphatic carboxylic acids is 1. The van der Waals surface area contributed by atoms with E-state index in [0.717, 1.165) is 0 Å². The third kappa shape index (κ3) is 4.53. The summed E-state index contributed by atoms with van der Waals surface area (Å²) in [5, 5.41) is 13.9. The molecule has 0 aromatic heterocycles. The van der Waals surface area contributed by atoms with Crippen molar-refractivity contribution in [2.24, 2.45) is 0 Å². The van der Waals surface area contributed by atoms with E-state index in [2.05, 4.69) is 10.0 Å². The molecule has 0 saturated heterocycles. The zero-order valence-corrected chi connectivity index (χ0v) is 13.8. The highest BCUT2D eigenvalue weighted by atomic mass is 32.2. The zero-order valence-electron chi connectivity index (χ0n) is 13.0. The molecular formula is C16H17N2O5S-. The number of carboxylic acids is 1. The van der Waals surface area contributed by atoms with Gasteiger partial charge in [0.2, 0.25) is 15.9 Å². The van der Waals surface area contributed by atoms with Gasteiger partial charge in [0.15, 0.2) is 0 Å². The molecule has 1 aromatic carbocycles. The van der Waals surface area contributed by atoms with Gasteiger partial charge < -0.3 is 15.2 Å². The SMILES string of the molecule is CC(=O)Nc1ccc(S(=O)(=O)N[C@H](C(=O)[O-])C2=CCC=CC2)cc1. The number of carbonyl (C=O) groups is 2. The summed E-state index contributed by atoms with van der Waals surface area (Å²) < 4.78 is 26.9. The van der Waals surface area contributed by atoms with E-state index < -0.39 is 22.0 Å². The minimum absolute atomic E-state index is 0.102. The molecule has 0 spiro atoms. The van der Waals surface area contributed by atoms with E-state index in [0.29, 0.717) is 24.1 Å². The Kier molecular flexibility index (Phi) is 5.53. The van der Waals surface area contributed by atoms with Crippen LogP contribution in [0.3, 0.4) is 0 Å². The van der Waals surface area contributed by atoms with Gasteiger partial charge >= 0.3 is 0 Å². The van der Waals surface area contributed by atoms with Crippen molar-refractivity contribution >= 4 is 27.6 Å². The number of carboxylic acid groups (broad SMARTS) is 1. The lowest BCUT2D eigenvalue weighted by Crippen LogP contribution is -2.49.